The Balaban J connectivity index is 1.50. The van der Waals surface area contributed by atoms with Crippen LogP contribution in [-0.2, 0) is 6.42 Å². The molecule has 1 saturated heterocycles. The standard InChI is InChI=1S/C24H26F2N6O/c1-13-6-16-17(7-13)23(26)19(9-18(16)25)33-24-30-21(29-20-8-14(2)11-28-20)10-22(31-24)32-5-4-27-15(3)12-32/h7-10,15,27H,4-6,11-12H2,1-3H3,(H,28,29,30,31). The molecule has 1 fully saturated rings. The molecule has 1 atom stereocenters. The first-order valence-electron chi connectivity index (χ1n) is 11.1. The van der Waals surface area contributed by atoms with E-state index in [2.05, 4.69) is 37.4 Å². The Bertz CT molecular complexity index is 1210. The molecule has 0 saturated carbocycles. The van der Waals surface area contributed by atoms with Crippen molar-refractivity contribution in [3.63, 3.8) is 0 Å². The predicted molar refractivity (Wildman–Crippen MR) is 125 cm³/mol. The average Bonchev–Trinajstić information content (AvgIpc) is 3.37. The van der Waals surface area contributed by atoms with Gasteiger partial charge in [-0.15, -0.1) is 0 Å². The summed E-state index contributed by atoms with van der Waals surface area (Å²) in [7, 11) is 0. The van der Waals surface area contributed by atoms with Gasteiger partial charge >= 0.3 is 6.01 Å². The highest BCUT2D eigenvalue weighted by Crippen LogP contribution is 2.36. The Morgan fingerprint density at radius 2 is 2.00 bits per heavy atom. The molecule has 2 aromatic rings. The number of amidine groups is 1. The number of piperazine rings is 1. The first kappa shape index (κ1) is 21.5. The molecule has 3 heterocycles. The highest BCUT2D eigenvalue weighted by Gasteiger charge is 2.24. The smallest absolute Gasteiger partial charge is 0.326 e. The molecule has 2 aliphatic heterocycles. The zero-order chi connectivity index (χ0) is 23.1. The highest BCUT2D eigenvalue weighted by molar-refractivity contribution is 6.05. The van der Waals surface area contributed by atoms with Crippen LogP contribution < -0.4 is 20.3 Å². The van der Waals surface area contributed by atoms with E-state index < -0.39 is 11.6 Å². The van der Waals surface area contributed by atoms with Crippen LogP contribution in [0.2, 0.25) is 0 Å². The van der Waals surface area contributed by atoms with Gasteiger partial charge in [-0.05, 0) is 38.8 Å². The minimum atomic E-state index is -0.610. The molecule has 9 heteroatoms. The molecule has 5 rings (SSSR count). The number of allylic oxidation sites excluding steroid dienone is 1. The Kier molecular flexibility index (Phi) is 5.57. The predicted octanol–water partition coefficient (Wildman–Crippen LogP) is 4.07. The summed E-state index contributed by atoms with van der Waals surface area (Å²) in [5.74, 6) is 0.466. The fourth-order valence-corrected chi connectivity index (χ4v) is 4.30. The third-order valence-electron chi connectivity index (χ3n) is 5.89. The van der Waals surface area contributed by atoms with E-state index in [0.29, 0.717) is 36.0 Å². The molecule has 7 nitrogen and oxygen atoms in total. The van der Waals surface area contributed by atoms with Crippen molar-refractivity contribution >= 4 is 23.5 Å². The van der Waals surface area contributed by atoms with Gasteiger partial charge in [-0.3, -0.25) is 4.99 Å². The minimum absolute atomic E-state index is 0.0579. The van der Waals surface area contributed by atoms with Gasteiger partial charge < -0.3 is 20.3 Å². The van der Waals surface area contributed by atoms with Crippen LogP contribution in [0, 0.1) is 11.6 Å². The lowest BCUT2D eigenvalue weighted by Crippen LogP contribution is -2.49. The molecule has 0 spiro atoms. The number of ether oxygens (including phenoxy) is 1. The third kappa shape index (κ3) is 4.45. The van der Waals surface area contributed by atoms with E-state index in [0.717, 1.165) is 36.8 Å². The monoisotopic (exact) mass is 452 g/mol. The highest BCUT2D eigenvalue weighted by atomic mass is 19.1. The van der Waals surface area contributed by atoms with E-state index in [4.69, 9.17) is 4.74 Å². The number of fused-ring (bicyclic) bond motifs is 1. The summed E-state index contributed by atoms with van der Waals surface area (Å²) in [5.41, 5.74) is 2.62. The summed E-state index contributed by atoms with van der Waals surface area (Å²) in [6.45, 7) is 8.90. The number of halogens is 2. The molecule has 1 aliphatic carbocycles. The average molecular weight is 453 g/mol. The van der Waals surface area contributed by atoms with E-state index in [1.165, 1.54) is 0 Å². The first-order valence-corrected chi connectivity index (χ1v) is 11.1. The Hall–Kier alpha value is -3.33. The summed E-state index contributed by atoms with van der Waals surface area (Å²) < 4.78 is 35.5. The number of nitrogens with zero attached hydrogens (tertiary/aromatic N) is 4. The van der Waals surface area contributed by atoms with Crippen LogP contribution in [-0.4, -0.2) is 48.0 Å². The van der Waals surface area contributed by atoms with E-state index in [9.17, 15) is 4.39 Å². The maximum absolute atomic E-state index is 15.1. The van der Waals surface area contributed by atoms with E-state index in [-0.39, 0.29) is 23.4 Å². The van der Waals surface area contributed by atoms with Crippen molar-refractivity contribution in [2.45, 2.75) is 33.2 Å². The van der Waals surface area contributed by atoms with Gasteiger partial charge in [0.2, 0.25) is 0 Å². The second kappa shape index (κ2) is 8.55. The van der Waals surface area contributed by atoms with Gasteiger partial charge in [0.1, 0.15) is 23.3 Å². The Morgan fingerprint density at radius 3 is 2.76 bits per heavy atom. The molecule has 1 aromatic heterocycles. The number of rotatable bonds is 4. The second-order valence-electron chi connectivity index (χ2n) is 8.84. The topological polar surface area (TPSA) is 74.7 Å². The SMILES string of the molecule is CC1=CC(Nc2cc(N3CCNC(C)C3)nc(Oc3cc(F)c4c(c3F)C=C(C)C4)n2)=NC1. The molecule has 0 radical (unpaired) electrons. The van der Waals surface area contributed by atoms with E-state index in [1.807, 2.05) is 26.0 Å². The first-order chi connectivity index (χ1) is 15.9. The van der Waals surface area contributed by atoms with Crippen molar-refractivity contribution in [3.05, 3.63) is 52.1 Å². The molecular weight excluding hydrogens is 426 g/mol. The minimum Gasteiger partial charge on any atom is -0.421 e. The van der Waals surface area contributed by atoms with Crippen LogP contribution in [0.25, 0.3) is 6.08 Å². The fraction of sp³-hybridized carbons (Fsp3) is 0.375. The van der Waals surface area contributed by atoms with Crippen molar-refractivity contribution < 1.29 is 13.5 Å². The van der Waals surface area contributed by atoms with Gasteiger partial charge in [0.15, 0.2) is 11.6 Å². The summed E-state index contributed by atoms with van der Waals surface area (Å²) in [6.07, 6.45) is 3.99. The number of hydrogen-bond donors (Lipinski definition) is 2. The Morgan fingerprint density at radius 1 is 1.15 bits per heavy atom. The zero-order valence-electron chi connectivity index (χ0n) is 18.9. The van der Waals surface area contributed by atoms with E-state index >= 15 is 4.39 Å². The maximum Gasteiger partial charge on any atom is 0.326 e. The second-order valence-corrected chi connectivity index (χ2v) is 8.84. The van der Waals surface area contributed by atoms with Crippen LogP contribution in [0.4, 0.5) is 20.4 Å². The molecule has 3 aliphatic rings. The van der Waals surface area contributed by atoms with Gasteiger partial charge in [0.05, 0.1) is 6.54 Å². The number of aliphatic imine (C=N–C) groups is 1. The number of aromatic nitrogens is 2. The van der Waals surface area contributed by atoms with Crippen molar-refractivity contribution in [3.8, 4) is 11.8 Å². The van der Waals surface area contributed by atoms with Gasteiger partial charge in [0.25, 0.3) is 0 Å². The largest absolute Gasteiger partial charge is 0.421 e. The molecule has 0 bridgehead atoms. The van der Waals surface area contributed by atoms with Crippen molar-refractivity contribution in [1.29, 1.82) is 0 Å². The van der Waals surface area contributed by atoms with Crippen molar-refractivity contribution in [1.82, 2.24) is 15.3 Å². The number of hydrogen-bond acceptors (Lipinski definition) is 7. The zero-order valence-corrected chi connectivity index (χ0v) is 18.9. The molecule has 1 unspecified atom stereocenters. The van der Waals surface area contributed by atoms with Gasteiger partial charge in [-0.25, -0.2) is 8.78 Å². The summed E-state index contributed by atoms with van der Waals surface area (Å²) >= 11 is 0. The lowest BCUT2D eigenvalue weighted by atomic mass is 10.1. The van der Waals surface area contributed by atoms with Gasteiger partial charge in [0, 0.05) is 48.9 Å². The lowest BCUT2D eigenvalue weighted by Gasteiger charge is -2.32. The summed E-state index contributed by atoms with van der Waals surface area (Å²) in [6, 6.07) is 3.12. The molecule has 33 heavy (non-hydrogen) atoms. The molecule has 2 N–H and O–H groups in total. The van der Waals surface area contributed by atoms with Crippen molar-refractivity contribution in [2.24, 2.45) is 4.99 Å². The molecule has 1 aromatic carbocycles. The summed E-state index contributed by atoms with van der Waals surface area (Å²) in [5, 5.41) is 6.58. The van der Waals surface area contributed by atoms with Crippen LogP contribution >= 0.6 is 0 Å². The molecule has 172 valence electrons. The molecule has 0 amide bonds. The van der Waals surface area contributed by atoms with Gasteiger partial charge in [-0.1, -0.05) is 11.6 Å². The number of nitrogens with one attached hydrogen (secondary N) is 2. The molecular formula is C24H26F2N6O. The number of benzene rings is 1. The van der Waals surface area contributed by atoms with Crippen LogP contribution in [0.15, 0.2) is 34.3 Å². The van der Waals surface area contributed by atoms with E-state index in [1.54, 1.807) is 6.08 Å². The fourth-order valence-electron chi connectivity index (χ4n) is 4.30. The summed E-state index contributed by atoms with van der Waals surface area (Å²) in [4.78, 5) is 15.5. The third-order valence-corrected chi connectivity index (χ3v) is 5.89. The lowest BCUT2D eigenvalue weighted by molar-refractivity contribution is 0.404. The van der Waals surface area contributed by atoms with Crippen LogP contribution in [0.3, 0.4) is 0 Å². The van der Waals surface area contributed by atoms with Crippen LogP contribution in [0.5, 0.6) is 11.8 Å². The maximum atomic E-state index is 15.1. The van der Waals surface area contributed by atoms with Gasteiger partial charge in [-0.2, -0.15) is 9.97 Å². The normalized spacial score (nSPS) is 19.7. The number of anilines is 2. The quantitative estimate of drug-likeness (QED) is 0.729. The Labute approximate surface area is 191 Å². The van der Waals surface area contributed by atoms with Crippen LogP contribution in [0.1, 0.15) is 31.9 Å². The van der Waals surface area contributed by atoms with Crippen molar-refractivity contribution in [2.75, 3.05) is 36.4 Å².